The van der Waals surface area contributed by atoms with E-state index in [1.54, 1.807) is 86.6 Å². The van der Waals surface area contributed by atoms with Crippen molar-refractivity contribution >= 4 is 34.8 Å². The normalized spacial score (nSPS) is 12.4. The van der Waals surface area contributed by atoms with Crippen molar-refractivity contribution in [3.8, 4) is 0 Å². The maximum atomic E-state index is 12.3. The topological polar surface area (TPSA) is 123 Å². The Kier molecular flexibility index (Phi) is 7.43. The molecule has 8 nitrogen and oxygen atoms in total. The molecule has 2 atom stereocenters. The van der Waals surface area contributed by atoms with Gasteiger partial charge in [0.05, 0.1) is 12.2 Å². The summed E-state index contributed by atoms with van der Waals surface area (Å²) in [6, 6.07) is 19.7. The van der Waals surface area contributed by atoms with E-state index in [9.17, 15) is 19.8 Å². The Morgan fingerprint density at radius 2 is 0.906 bits per heavy atom. The summed E-state index contributed by atoms with van der Waals surface area (Å²) in [7, 11) is 0. The fraction of sp³-hybridized carbons (Fsp3) is 0.167. The number of anilines is 4. The molecule has 0 unspecified atom stereocenters. The molecule has 0 fully saturated rings. The van der Waals surface area contributed by atoms with Gasteiger partial charge in [-0.15, -0.1) is 0 Å². The van der Waals surface area contributed by atoms with Gasteiger partial charge in [0.15, 0.2) is 0 Å². The van der Waals surface area contributed by atoms with Crippen LogP contribution in [0.4, 0.5) is 32.3 Å². The number of carbonyl (C=O) groups is 2. The van der Waals surface area contributed by atoms with E-state index in [1.165, 1.54) is 0 Å². The highest BCUT2D eigenvalue weighted by molar-refractivity contribution is 6.02. The van der Waals surface area contributed by atoms with E-state index in [0.717, 1.165) is 0 Å². The van der Waals surface area contributed by atoms with Crippen LogP contribution in [0.25, 0.3) is 0 Å². The van der Waals surface area contributed by atoms with Gasteiger partial charge in [0.2, 0.25) is 0 Å². The van der Waals surface area contributed by atoms with Crippen molar-refractivity contribution in [1.29, 1.82) is 0 Å². The molecule has 166 valence electrons. The number of rotatable bonds is 6. The Labute approximate surface area is 186 Å². The van der Waals surface area contributed by atoms with Crippen molar-refractivity contribution in [2.45, 2.75) is 26.1 Å². The summed E-state index contributed by atoms with van der Waals surface area (Å²) in [6.45, 7) is 3.30. The summed E-state index contributed by atoms with van der Waals surface area (Å²) in [5, 5.41) is 30.2. The van der Waals surface area contributed by atoms with Gasteiger partial charge >= 0.3 is 12.1 Å². The van der Waals surface area contributed by atoms with Crippen LogP contribution < -0.4 is 21.3 Å². The molecule has 0 aromatic heterocycles. The Balaban J connectivity index is 1.59. The highest BCUT2D eigenvalue weighted by Gasteiger charge is 2.08. The van der Waals surface area contributed by atoms with E-state index in [-0.39, 0.29) is 0 Å². The molecular formula is C24H26N4O4. The summed E-state index contributed by atoms with van der Waals surface area (Å²) in [4.78, 5) is 24.6. The summed E-state index contributed by atoms with van der Waals surface area (Å²) < 4.78 is 0. The predicted octanol–water partition coefficient (Wildman–Crippen LogP) is 5.08. The quantitative estimate of drug-likeness (QED) is 0.324. The van der Waals surface area contributed by atoms with Crippen LogP contribution in [-0.4, -0.2) is 22.3 Å². The molecule has 32 heavy (non-hydrogen) atoms. The first-order valence-corrected chi connectivity index (χ1v) is 10.1. The minimum atomic E-state index is -0.636. The van der Waals surface area contributed by atoms with Crippen molar-refractivity contribution < 1.29 is 19.8 Å². The van der Waals surface area contributed by atoms with Gasteiger partial charge in [-0.3, -0.25) is 0 Å². The van der Waals surface area contributed by atoms with Crippen LogP contribution in [0.3, 0.4) is 0 Å². The predicted molar refractivity (Wildman–Crippen MR) is 126 cm³/mol. The number of hydrogen-bond acceptors (Lipinski definition) is 4. The van der Waals surface area contributed by atoms with Crippen LogP contribution in [-0.2, 0) is 0 Å². The number of aliphatic hydroxyl groups is 2. The van der Waals surface area contributed by atoms with Crippen LogP contribution in [0.2, 0.25) is 0 Å². The van der Waals surface area contributed by atoms with Crippen molar-refractivity contribution in [3.05, 3.63) is 83.9 Å². The zero-order valence-corrected chi connectivity index (χ0v) is 17.8. The molecule has 6 N–H and O–H groups in total. The number of carbonyl (C=O) groups excluding carboxylic acids is 2. The van der Waals surface area contributed by atoms with E-state index in [1.807, 2.05) is 0 Å². The summed E-state index contributed by atoms with van der Waals surface area (Å²) >= 11 is 0. The zero-order valence-electron chi connectivity index (χ0n) is 17.8. The Hall–Kier alpha value is -3.88. The number of hydrogen-bond donors (Lipinski definition) is 6. The van der Waals surface area contributed by atoms with Gasteiger partial charge in [-0.25, -0.2) is 9.59 Å². The standard InChI is InChI=1S/C24H26N4O4/c1-15(29)17-6-3-8-19(12-17)25-23(31)27-21-10-5-11-22(14-21)28-24(32)26-20-9-4-7-18(13-20)16(2)30/h3-16,29-30H,1-2H3,(H2,25,27,31)(H2,26,28,32)/t15-,16+. The van der Waals surface area contributed by atoms with Crippen molar-refractivity contribution in [3.63, 3.8) is 0 Å². The monoisotopic (exact) mass is 434 g/mol. The SMILES string of the molecule is C[C@H](O)c1cccc(NC(=O)Nc2cccc(NC(=O)Nc3cccc([C@@H](C)O)c3)c2)c1. The molecule has 0 saturated carbocycles. The fourth-order valence-corrected chi connectivity index (χ4v) is 3.01. The van der Waals surface area contributed by atoms with Gasteiger partial charge in [-0.05, 0) is 67.4 Å². The molecule has 4 amide bonds. The first-order chi connectivity index (χ1) is 15.3. The summed E-state index contributed by atoms with van der Waals surface area (Å²) in [5.74, 6) is 0. The van der Waals surface area contributed by atoms with Gasteiger partial charge < -0.3 is 31.5 Å². The molecule has 0 heterocycles. The molecule has 0 saturated heterocycles. The molecule has 0 aliphatic heterocycles. The van der Waals surface area contributed by atoms with Crippen molar-refractivity contribution in [1.82, 2.24) is 0 Å². The van der Waals surface area contributed by atoms with Gasteiger partial charge in [0, 0.05) is 22.7 Å². The maximum absolute atomic E-state index is 12.3. The second-order valence-corrected chi connectivity index (χ2v) is 7.34. The molecule has 0 aliphatic carbocycles. The average Bonchev–Trinajstić information content (AvgIpc) is 2.74. The number of aliphatic hydroxyl groups excluding tert-OH is 2. The van der Waals surface area contributed by atoms with Crippen LogP contribution >= 0.6 is 0 Å². The van der Waals surface area contributed by atoms with Crippen LogP contribution in [0.15, 0.2) is 72.8 Å². The second-order valence-electron chi connectivity index (χ2n) is 7.34. The van der Waals surface area contributed by atoms with Crippen molar-refractivity contribution in [2.24, 2.45) is 0 Å². The lowest BCUT2D eigenvalue weighted by Crippen LogP contribution is -2.21. The fourth-order valence-electron chi connectivity index (χ4n) is 3.01. The Bertz CT molecular complexity index is 1020. The van der Waals surface area contributed by atoms with E-state index in [2.05, 4.69) is 21.3 Å². The first-order valence-electron chi connectivity index (χ1n) is 10.1. The first kappa shape index (κ1) is 22.8. The van der Waals surface area contributed by atoms with E-state index < -0.39 is 24.3 Å². The zero-order chi connectivity index (χ0) is 23.1. The van der Waals surface area contributed by atoms with Crippen LogP contribution in [0, 0.1) is 0 Å². The molecule has 0 bridgehead atoms. The third-order valence-electron chi connectivity index (χ3n) is 4.63. The number of benzene rings is 3. The lowest BCUT2D eigenvalue weighted by Gasteiger charge is -2.12. The maximum Gasteiger partial charge on any atom is 0.323 e. The van der Waals surface area contributed by atoms with Crippen LogP contribution in [0.1, 0.15) is 37.2 Å². The second kappa shape index (κ2) is 10.4. The highest BCUT2D eigenvalue weighted by Crippen LogP contribution is 2.20. The molecule has 3 aromatic rings. The Morgan fingerprint density at radius 1 is 0.594 bits per heavy atom. The van der Waals surface area contributed by atoms with Gasteiger partial charge in [0.25, 0.3) is 0 Å². The third-order valence-corrected chi connectivity index (χ3v) is 4.63. The van der Waals surface area contributed by atoms with E-state index >= 15 is 0 Å². The van der Waals surface area contributed by atoms with E-state index in [4.69, 9.17) is 0 Å². The highest BCUT2D eigenvalue weighted by atomic mass is 16.3. The number of nitrogens with one attached hydrogen (secondary N) is 4. The van der Waals surface area contributed by atoms with Gasteiger partial charge in [-0.2, -0.15) is 0 Å². The molecule has 8 heteroatoms. The largest absolute Gasteiger partial charge is 0.389 e. The average molecular weight is 434 g/mol. The smallest absolute Gasteiger partial charge is 0.323 e. The molecule has 3 aromatic carbocycles. The number of amides is 4. The molecule has 0 aliphatic rings. The lowest BCUT2D eigenvalue weighted by molar-refractivity contribution is 0.199. The number of urea groups is 2. The molecule has 0 spiro atoms. The van der Waals surface area contributed by atoms with Gasteiger partial charge in [-0.1, -0.05) is 30.3 Å². The molecular weight excluding hydrogens is 408 g/mol. The molecule has 0 radical (unpaired) electrons. The lowest BCUT2D eigenvalue weighted by atomic mass is 10.1. The third kappa shape index (κ3) is 6.56. The summed E-state index contributed by atoms with van der Waals surface area (Å²) in [5.41, 5.74) is 3.46. The Morgan fingerprint density at radius 3 is 1.25 bits per heavy atom. The molecule has 3 rings (SSSR count). The van der Waals surface area contributed by atoms with E-state index in [0.29, 0.717) is 33.9 Å². The minimum Gasteiger partial charge on any atom is -0.389 e. The van der Waals surface area contributed by atoms with Crippen LogP contribution in [0.5, 0.6) is 0 Å². The minimum absolute atomic E-state index is 0.454. The van der Waals surface area contributed by atoms with Crippen molar-refractivity contribution in [2.75, 3.05) is 21.3 Å². The summed E-state index contributed by atoms with van der Waals surface area (Å²) in [6.07, 6.45) is -1.27. The van der Waals surface area contributed by atoms with Gasteiger partial charge in [0.1, 0.15) is 0 Å².